The first-order chi connectivity index (χ1) is 8.31. The third-order valence-corrected chi connectivity index (χ3v) is 2.53. The fraction of sp³-hybridized carbons (Fsp3) is 0.308. The highest BCUT2D eigenvalue weighted by Crippen LogP contribution is 2.13. The summed E-state index contributed by atoms with van der Waals surface area (Å²) in [6.45, 7) is 4.65. The second kappa shape index (κ2) is 5.61. The molecule has 1 atom stereocenters. The van der Waals surface area contributed by atoms with Gasteiger partial charge in [-0.05, 0) is 26.0 Å². The van der Waals surface area contributed by atoms with Crippen LogP contribution in [0.15, 0.2) is 42.7 Å². The van der Waals surface area contributed by atoms with Crippen molar-refractivity contribution in [1.82, 2.24) is 15.3 Å². The zero-order valence-electron chi connectivity index (χ0n) is 10.1. The van der Waals surface area contributed by atoms with Crippen LogP contribution in [-0.2, 0) is 4.84 Å². The van der Waals surface area contributed by atoms with E-state index >= 15 is 0 Å². The molecule has 4 heteroatoms. The Morgan fingerprint density at radius 1 is 1.35 bits per heavy atom. The summed E-state index contributed by atoms with van der Waals surface area (Å²) >= 11 is 0. The fourth-order valence-electron chi connectivity index (χ4n) is 1.56. The van der Waals surface area contributed by atoms with Crippen molar-refractivity contribution in [3.05, 3.63) is 48.3 Å². The average molecular weight is 231 g/mol. The molecule has 0 saturated heterocycles. The van der Waals surface area contributed by atoms with Crippen LogP contribution in [0.5, 0.6) is 0 Å². The van der Waals surface area contributed by atoms with Gasteiger partial charge in [0.2, 0.25) is 0 Å². The Balaban J connectivity index is 2.11. The molecular weight excluding hydrogens is 214 g/mol. The van der Waals surface area contributed by atoms with Gasteiger partial charge in [-0.25, -0.2) is 4.68 Å². The zero-order valence-corrected chi connectivity index (χ0v) is 10.1. The van der Waals surface area contributed by atoms with Crippen LogP contribution in [0, 0.1) is 0 Å². The van der Waals surface area contributed by atoms with Crippen LogP contribution in [0.1, 0.15) is 25.5 Å². The van der Waals surface area contributed by atoms with Crippen LogP contribution < -0.4 is 5.48 Å². The minimum absolute atomic E-state index is 0.132. The van der Waals surface area contributed by atoms with Crippen LogP contribution in [0.4, 0.5) is 0 Å². The molecule has 0 fully saturated rings. The predicted molar refractivity (Wildman–Crippen MR) is 66.7 cm³/mol. The van der Waals surface area contributed by atoms with Gasteiger partial charge in [0.25, 0.3) is 0 Å². The van der Waals surface area contributed by atoms with Crippen LogP contribution in [-0.4, -0.2) is 16.4 Å². The quantitative estimate of drug-likeness (QED) is 0.803. The van der Waals surface area contributed by atoms with Gasteiger partial charge < -0.3 is 4.84 Å². The van der Waals surface area contributed by atoms with E-state index < -0.39 is 0 Å². The first-order valence-corrected chi connectivity index (χ1v) is 5.78. The number of nitrogens with one attached hydrogen (secondary N) is 1. The largest absolute Gasteiger partial charge is 0.302 e. The smallest absolute Gasteiger partial charge is 0.0654 e. The molecule has 0 amide bonds. The van der Waals surface area contributed by atoms with Gasteiger partial charge in [-0.1, -0.05) is 18.2 Å². The van der Waals surface area contributed by atoms with Crippen molar-refractivity contribution < 1.29 is 4.84 Å². The van der Waals surface area contributed by atoms with Crippen molar-refractivity contribution in [2.45, 2.75) is 19.9 Å². The monoisotopic (exact) mass is 231 g/mol. The Hall–Kier alpha value is -1.65. The molecule has 0 aliphatic carbocycles. The highest BCUT2D eigenvalue weighted by molar-refractivity contribution is 5.31. The molecule has 0 radical (unpaired) electrons. The van der Waals surface area contributed by atoms with Crippen molar-refractivity contribution in [2.75, 3.05) is 6.61 Å². The van der Waals surface area contributed by atoms with Gasteiger partial charge in [0.1, 0.15) is 0 Å². The number of aromatic nitrogens is 2. The first kappa shape index (κ1) is 11.8. The Bertz CT molecular complexity index is 453. The molecule has 0 aliphatic heterocycles. The second-order valence-electron chi connectivity index (χ2n) is 3.83. The SMILES string of the molecule is CCONC(C)c1cnn(-c2ccccc2)c1. The zero-order chi connectivity index (χ0) is 12.1. The summed E-state index contributed by atoms with van der Waals surface area (Å²) in [6.07, 6.45) is 3.86. The van der Waals surface area contributed by atoms with Gasteiger partial charge in [-0.15, -0.1) is 0 Å². The number of para-hydroxylation sites is 1. The molecule has 0 bridgehead atoms. The summed E-state index contributed by atoms with van der Waals surface area (Å²) in [5, 5.41) is 4.34. The van der Waals surface area contributed by atoms with E-state index in [2.05, 4.69) is 10.6 Å². The van der Waals surface area contributed by atoms with Gasteiger partial charge in [-0.2, -0.15) is 10.6 Å². The lowest BCUT2D eigenvalue weighted by molar-refractivity contribution is 0.0285. The Morgan fingerprint density at radius 2 is 2.12 bits per heavy atom. The van der Waals surface area contributed by atoms with E-state index in [9.17, 15) is 0 Å². The van der Waals surface area contributed by atoms with Crippen LogP contribution in [0.2, 0.25) is 0 Å². The molecule has 17 heavy (non-hydrogen) atoms. The maximum Gasteiger partial charge on any atom is 0.0654 e. The minimum atomic E-state index is 0.132. The van der Waals surface area contributed by atoms with Crippen molar-refractivity contribution in [2.24, 2.45) is 0 Å². The molecule has 0 aliphatic rings. The number of nitrogens with zero attached hydrogens (tertiary/aromatic N) is 2. The van der Waals surface area contributed by atoms with Gasteiger partial charge in [0, 0.05) is 11.8 Å². The van der Waals surface area contributed by atoms with Crippen LogP contribution in [0.25, 0.3) is 5.69 Å². The maximum atomic E-state index is 5.18. The number of hydroxylamine groups is 1. The molecule has 2 rings (SSSR count). The van der Waals surface area contributed by atoms with E-state index in [0.717, 1.165) is 11.3 Å². The van der Waals surface area contributed by atoms with Gasteiger partial charge >= 0.3 is 0 Å². The van der Waals surface area contributed by atoms with Crippen molar-refractivity contribution in [3.63, 3.8) is 0 Å². The molecule has 1 aromatic carbocycles. The van der Waals surface area contributed by atoms with Gasteiger partial charge in [-0.3, -0.25) is 0 Å². The number of rotatable bonds is 5. The molecule has 2 aromatic rings. The normalized spacial score (nSPS) is 12.6. The molecule has 4 nitrogen and oxygen atoms in total. The number of benzene rings is 1. The molecule has 0 spiro atoms. The summed E-state index contributed by atoms with van der Waals surface area (Å²) in [7, 11) is 0. The summed E-state index contributed by atoms with van der Waals surface area (Å²) < 4.78 is 1.86. The average Bonchev–Trinajstić information content (AvgIpc) is 2.86. The highest BCUT2D eigenvalue weighted by atomic mass is 16.6. The number of hydrogen-bond donors (Lipinski definition) is 1. The third-order valence-electron chi connectivity index (χ3n) is 2.53. The van der Waals surface area contributed by atoms with E-state index in [1.807, 2.05) is 61.3 Å². The Kier molecular flexibility index (Phi) is 3.90. The lowest BCUT2D eigenvalue weighted by Gasteiger charge is -2.10. The molecule has 1 aromatic heterocycles. The Labute approximate surface area is 101 Å². The standard InChI is InChI=1S/C13H17N3O/c1-3-17-15-11(2)12-9-14-16(10-12)13-7-5-4-6-8-13/h4-11,15H,3H2,1-2H3. The number of hydrogen-bond acceptors (Lipinski definition) is 3. The molecular formula is C13H17N3O. The Morgan fingerprint density at radius 3 is 2.82 bits per heavy atom. The summed E-state index contributed by atoms with van der Waals surface area (Å²) in [5.74, 6) is 0. The molecule has 0 saturated carbocycles. The summed E-state index contributed by atoms with van der Waals surface area (Å²) in [4.78, 5) is 5.18. The molecule has 1 heterocycles. The maximum absolute atomic E-state index is 5.18. The highest BCUT2D eigenvalue weighted by Gasteiger charge is 2.08. The van der Waals surface area contributed by atoms with E-state index in [-0.39, 0.29) is 6.04 Å². The van der Waals surface area contributed by atoms with E-state index in [4.69, 9.17) is 4.84 Å². The molecule has 1 N–H and O–H groups in total. The van der Waals surface area contributed by atoms with E-state index in [1.54, 1.807) is 0 Å². The lowest BCUT2D eigenvalue weighted by atomic mass is 10.2. The van der Waals surface area contributed by atoms with E-state index in [1.165, 1.54) is 0 Å². The predicted octanol–water partition coefficient (Wildman–Crippen LogP) is 2.47. The fourth-order valence-corrected chi connectivity index (χ4v) is 1.56. The third kappa shape index (κ3) is 2.93. The first-order valence-electron chi connectivity index (χ1n) is 5.78. The minimum Gasteiger partial charge on any atom is -0.302 e. The van der Waals surface area contributed by atoms with Crippen molar-refractivity contribution in [1.29, 1.82) is 0 Å². The second-order valence-corrected chi connectivity index (χ2v) is 3.83. The van der Waals surface area contributed by atoms with Crippen molar-refractivity contribution >= 4 is 0 Å². The van der Waals surface area contributed by atoms with Crippen LogP contribution in [0.3, 0.4) is 0 Å². The molecule has 1 unspecified atom stereocenters. The lowest BCUT2D eigenvalue weighted by Crippen LogP contribution is -2.18. The van der Waals surface area contributed by atoms with Crippen LogP contribution >= 0.6 is 0 Å². The molecule has 90 valence electrons. The summed E-state index contributed by atoms with van der Waals surface area (Å²) in [6, 6.07) is 10.2. The van der Waals surface area contributed by atoms with Gasteiger partial charge in [0.05, 0.1) is 24.5 Å². The van der Waals surface area contributed by atoms with E-state index in [0.29, 0.717) is 6.61 Å². The van der Waals surface area contributed by atoms with Crippen molar-refractivity contribution in [3.8, 4) is 5.69 Å². The topological polar surface area (TPSA) is 39.1 Å². The summed E-state index contributed by atoms with van der Waals surface area (Å²) in [5.41, 5.74) is 5.12. The van der Waals surface area contributed by atoms with Gasteiger partial charge in [0.15, 0.2) is 0 Å².